The molecule has 20 heavy (non-hydrogen) atoms. The number of carboxylic acids is 1. The SMILES string of the molecule is CC1(C)C2C(=O)N(C3C4CCC(C4)C3C(=O)O)C(=O)C21. The van der Waals surface area contributed by atoms with Crippen molar-refractivity contribution in [1.29, 1.82) is 0 Å². The molecule has 5 nitrogen and oxygen atoms in total. The van der Waals surface area contributed by atoms with E-state index in [1.54, 1.807) is 0 Å². The van der Waals surface area contributed by atoms with Gasteiger partial charge in [-0.2, -0.15) is 0 Å². The Bertz CT molecular complexity index is 516. The summed E-state index contributed by atoms with van der Waals surface area (Å²) in [7, 11) is 0. The minimum atomic E-state index is -0.845. The molecule has 4 fully saturated rings. The van der Waals surface area contributed by atoms with E-state index in [1.165, 1.54) is 4.90 Å². The van der Waals surface area contributed by atoms with Crippen LogP contribution in [0.3, 0.4) is 0 Å². The highest BCUT2D eigenvalue weighted by molar-refractivity contribution is 6.11. The quantitative estimate of drug-likeness (QED) is 0.768. The summed E-state index contributed by atoms with van der Waals surface area (Å²) >= 11 is 0. The van der Waals surface area contributed by atoms with Crippen LogP contribution in [0, 0.1) is 35.0 Å². The van der Waals surface area contributed by atoms with Gasteiger partial charge >= 0.3 is 5.97 Å². The Labute approximate surface area is 117 Å². The fraction of sp³-hybridized carbons (Fsp3) is 0.800. The van der Waals surface area contributed by atoms with E-state index >= 15 is 0 Å². The highest BCUT2D eigenvalue weighted by atomic mass is 16.4. The summed E-state index contributed by atoms with van der Waals surface area (Å²) in [4.78, 5) is 37.9. The van der Waals surface area contributed by atoms with Crippen LogP contribution in [0.1, 0.15) is 33.1 Å². The molecule has 3 aliphatic carbocycles. The van der Waals surface area contributed by atoms with Crippen molar-refractivity contribution in [3.8, 4) is 0 Å². The van der Waals surface area contributed by atoms with E-state index < -0.39 is 11.9 Å². The van der Waals surface area contributed by atoms with Gasteiger partial charge < -0.3 is 5.11 Å². The molecule has 0 aromatic carbocycles. The topological polar surface area (TPSA) is 74.7 Å². The predicted molar refractivity (Wildman–Crippen MR) is 68.4 cm³/mol. The molecule has 1 N–H and O–H groups in total. The van der Waals surface area contributed by atoms with E-state index in [-0.39, 0.29) is 46.9 Å². The van der Waals surface area contributed by atoms with E-state index in [9.17, 15) is 19.5 Å². The fourth-order valence-electron chi connectivity index (χ4n) is 5.24. The third-order valence-corrected chi connectivity index (χ3v) is 6.29. The Balaban J connectivity index is 1.67. The highest BCUT2D eigenvalue weighted by Gasteiger charge is 2.74. The second-order valence-corrected chi connectivity index (χ2v) is 7.51. The summed E-state index contributed by atoms with van der Waals surface area (Å²) in [5, 5.41) is 9.47. The summed E-state index contributed by atoms with van der Waals surface area (Å²) < 4.78 is 0. The molecule has 0 aromatic heterocycles. The molecule has 1 aliphatic heterocycles. The van der Waals surface area contributed by atoms with Gasteiger partial charge in [0, 0.05) is 0 Å². The van der Waals surface area contributed by atoms with Gasteiger partial charge in [0.05, 0.1) is 23.8 Å². The van der Waals surface area contributed by atoms with Gasteiger partial charge in [0.2, 0.25) is 11.8 Å². The normalized spacial score (nSPS) is 47.8. The maximum absolute atomic E-state index is 12.5. The summed E-state index contributed by atoms with van der Waals surface area (Å²) in [5.74, 6) is -1.68. The lowest BCUT2D eigenvalue weighted by Gasteiger charge is -2.36. The molecule has 0 radical (unpaired) electrons. The van der Waals surface area contributed by atoms with E-state index in [0.29, 0.717) is 0 Å². The molecule has 5 heteroatoms. The van der Waals surface area contributed by atoms with Gasteiger partial charge in [-0.1, -0.05) is 13.8 Å². The number of piperidine rings is 1. The van der Waals surface area contributed by atoms with Crippen LogP contribution in [0.2, 0.25) is 0 Å². The van der Waals surface area contributed by atoms with Crippen molar-refractivity contribution < 1.29 is 19.5 Å². The number of carboxylic acid groups (broad SMARTS) is 1. The average molecular weight is 277 g/mol. The minimum Gasteiger partial charge on any atom is -0.481 e. The Morgan fingerprint density at radius 3 is 2.25 bits per heavy atom. The van der Waals surface area contributed by atoms with Crippen LogP contribution in [0.25, 0.3) is 0 Å². The molecule has 2 amide bonds. The van der Waals surface area contributed by atoms with Gasteiger partial charge in [-0.05, 0) is 36.5 Å². The van der Waals surface area contributed by atoms with Crippen molar-refractivity contribution >= 4 is 17.8 Å². The first-order chi connectivity index (χ1) is 9.35. The lowest BCUT2D eigenvalue weighted by Crippen LogP contribution is -2.52. The maximum atomic E-state index is 12.5. The molecule has 0 spiro atoms. The first kappa shape index (κ1) is 12.4. The monoisotopic (exact) mass is 277 g/mol. The molecule has 6 unspecified atom stereocenters. The first-order valence-corrected chi connectivity index (χ1v) is 7.45. The van der Waals surface area contributed by atoms with Crippen molar-refractivity contribution in [3.63, 3.8) is 0 Å². The number of likely N-dealkylation sites (tertiary alicyclic amines) is 1. The van der Waals surface area contributed by atoms with Crippen LogP contribution < -0.4 is 0 Å². The number of rotatable bonds is 2. The van der Waals surface area contributed by atoms with E-state index in [4.69, 9.17) is 0 Å². The van der Waals surface area contributed by atoms with Crippen LogP contribution >= 0.6 is 0 Å². The average Bonchev–Trinajstić information content (AvgIpc) is 2.78. The number of fused-ring (bicyclic) bond motifs is 3. The van der Waals surface area contributed by atoms with Gasteiger partial charge in [0.1, 0.15) is 0 Å². The van der Waals surface area contributed by atoms with Crippen molar-refractivity contribution in [3.05, 3.63) is 0 Å². The Kier molecular flexibility index (Phi) is 2.12. The zero-order valence-electron chi connectivity index (χ0n) is 11.7. The molecule has 108 valence electrons. The number of hydrogen-bond donors (Lipinski definition) is 1. The Morgan fingerprint density at radius 1 is 1.15 bits per heavy atom. The predicted octanol–water partition coefficient (Wildman–Crippen LogP) is 1.13. The molecule has 4 aliphatic rings. The molecule has 2 bridgehead atoms. The zero-order valence-corrected chi connectivity index (χ0v) is 11.7. The molecule has 4 rings (SSSR count). The third kappa shape index (κ3) is 1.22. The number of carbonyl (C=O) groups excluding carboxylic acids is 2. The standard InChI is InChI=1S/C15H19NO4/c1-15(2)9-10(15)13(18)16(12(9)17)11-7-4-3-6(5-7)8(11)14(19)20/h6-11H,3-5H2,1-2H3,(H,19,20). The largest absolute Gasteiger partial charge is 0.481 e. The molecule has 1 saturated heterocycles. The van der Waals surface area contributed by atoms with E-state index in [2.05, 4.69) is 0 Å². The fourth-order valence-corrected chi connectivity index (χ4v) is 5.24. The van der Waals surface area contributed by atoms with Gasteiger partial charge in [-0.15, -0.1) is 0 Å². The molecule has 6 atom stereocenters. The first-order valence-electron chi connectivity index (χ1n) is 7.45. The van der Waals surface area contributed by atoms with Crippen molar-refractivity contribution in [2.75, 3.05) is 0 Å². The number of nitrogens with zero attached hydrogens (tertiary/aromatic N) is 1. The molecular weight excluding hydrogens is 258 g/mol. The third-order valence-electron chi connectivity index (χ3n) is 6.29. The number of amides is 2. The van der Waals surface area contributed by atoms with Gasteiger partial charge in [0.15, 0.2) is 0 Å². The summed E-state index contributed by atoms with van der Waals surface area (Å²) in [6.45, 7) is 3.90. The summed E-state index contributed by atoms with van der Waals surface area (Å²) in [6, 6.07) is -0.380. The van der Waals surface area contributed by atoms with Gasteiger partial charge in [-0.3, -0.25) is 19.3 Å². The highest BCUT2D eigenvalue weighted by Crippen LogP contribution is 2.65. The van der Waals surface area contributed by atoms with Crippen LogP contribution in [-0.4, -0.2) is 33.8 Å². The molecular formula is C15H19NO4. The Morgan fingerprint density at radius 2 is 1.70 bits per heavy atom. The van der Waals surface area contributed by atoms with Crippen LogP contribution in [0.5, 0.6) is 0 Å². The number of aliphatic carboxylic acids is 1. The summed E-state index contributed by atoms with van der Waals surface area (Å²) in [5.41, 5.74) is -0.221. The second-order valence-electron chi connectivity index (χ2n) is 7.51. The van der Waals surface area contributed by atoms with Gasteiger partial charge in [-0.25, -0.2) is 0 Å². The Hall–Kier alpha value is -1.39. The maximum Gasteiger partial charge on any atom is 0.308 e. The van der Waals surface area contributed by atoms with Crippen molar-refractivity contribution in [1.82, 2.24) is 4.90 Å². The number of hydrogen-bond acceptors (Lipinski definition) is 3. The van der Waals surface area contributed by atoms with E-state index in [0.717, 1.165) is 19.3 Å². The van der Waals surface area contributed by atoms with Gasteiger partial charge in [0.25, 0.3) is 0 Å². The zero-order chi connectivity index (χ0) is 14.4. The molecule has 1 heterocycles. The van der Waals surface area contributed by atoms with Crippen LogP contribution in [-0.2, 0) is 14.4 Å². The smallest absolute Gasteiger partial charge is 0.308 e. The molecule has 0 aromatic rings. The lowest BCUT2D eigenvalue weighted by atomic mass is 9.83. The number of carbonyl (C=O) groups is 3. The molecule has 3 saturated carbocycles. The second kappa shape index (κ2) is 3.43. The van der Waals surface area contributed by atoms with E-state index in [1.807, 2.05) is 13.8 Å². The lowest BCUT2D eigenvalue weighted by molar-refractivity contribution is -0.154. The number of imide groups is 1. The minimum absolute atomic E-state index is 0.117. The van der Waals surface area contributed by atoms with Crippen molar-refractivity contribution in [2.24, 2.45) is 35.0 Å². The van der Waals surface area contributed by atoms with Crippen LogP contribution in [0.15, 0.2) is 0 Å². The summed E-state index contributed by atoms with van der Waals surface area (Å²) in [6.07, 6.45) is 2.74. The van der Waals surface area contributed by atoms with Crippen molar-refractivity contribution in [2.45, 2.75) is 39.2 Å². The van der Waals surface area contributed by atoms with Crippen LogP contribution in [0.4, 0.5) is 0 Å².